The summed E-state index contributed by atoms with van der Waals surface area (Å²) in [6.45, 7) is 0. The zero-order chi connectivity index (χ0) is 36.1. The molecule has 2 saturated carbocycles. The highest BCUT2D eigenvalue weighted by Gasteiger charge is 2.52. The molecule has 4 N–H and O–H groups in total. The number of benzene rings is 2. The Hall–Kier alpha value is -4.32. The minimum atomic E-state index is -4.91. The Morgan fingerprint density at radius 2 is 1.62 bits per heavy atom. The Labute approximate surface area is 281 Å². The Kier molecular flexibility index (Phi) is 9.78. The number of hydrogen-bond acceptors (Lipinski definition) is 10. The molecule has 3 fully saturated rings. The summed E-state index contributed by atoms with van der Waals surface area (Å²) in [6.07, 6.45) is -12.6. The van der Waals surface area contributed by atoms with Gasteiger partial charge >= 0.3 is 18.3 Å². The molecule has 5 unspecified atom stereocenters. The molecule has 6 rings (SSSR count). The first-order chi connectivity index (χ1) is 23.6. The third-order valence-corrected chi connectivity index (χ3v) is 9.52. The lowest BCUT2D eigenvalue weighted by Crippen LogP contribution is -2.60. The fourth-order valence-corrected chi connectivity index (χ4v) is 7.22. The molecule has 2 aliphatic heterocycles. The average molecular weight is 711 g/mol. The average Bonchev–Trinajstić information content (AvgIpc) is 3.78. The predicted molar refractivity (Wildman–Crippen MR) is 160 cm³/mol. The van der Waals surface area contributed by atoms with Crippen LogP contribution in [0.15, 0.2) is 42.5 Å². The van der Waals surface area contributed by atoms with Gasteiger partial charge in [-0.3, -0.25) is 14.4 Å². The first-order valence-electron chi connectivity index (χ1n) is 16.1. The van der Waals surface area contributed by atoms with Crippen molar-refractivity contribution in [2.45, 2.75) is 100 Å². The molecular weight excluding hydrogens is 676 g/mol. The highest BCUT2D eigenvalue weighted by molar-refractivity contribution is 6.07. The minimum Gasteiger partial charge on any atom is -0.479 e. The van der Waals surface area contributed by atoms with Gasteiger partial charge in [0.15, 0.2) is 6.10 Å². The summed E-state index contributed by atoms with van der Waals surface area (Å²) in [5.41, 5.74) is 0.791. The van der Waals surface area contributed by atoms with Crippen LogP contribution in [-0.2, 0) is 23.9 Å². The number of fused-ring (bicyclic) bond motifs is 2. The number of carboxylic acid groups (broad SMARTS) is 1. The SMILES string of the molecule is O=C(CCC(=O)N(C1CC1)[C@H]1c2cc(F)ccc2N(C(=O)c2ccc(OC(F)(F)F)cc2)[C@H]2CCC[C@H]21)OC1OC(C(=O)O)C(O)C(O)C1O. The number of hydrogen-bond donors (Lipinski definition) is 4. The van der Waals surface area contributed by atoms with Crippen molar-refractivity contribution in [3.8, 4) is 5.75 Å². The molecule has 0 bridgehead atoms. The van der Waals surface area contributed by atoms with Crippen LogP contribution in [0.5, 0.6) is 5.75 Å². The van der Waals surface area contributed by atoms with Gasteiger partial charge in [0.2, 0.25) is 12.2 Å². The van der Waals surface area contributed by atoms with E-state index in [1.54, 1.807) is 4.90 Å². The lowest BCUT2D eigenvalue weighted by Gasteiger charge is -2.48. The molecule has 0 radical (unpaired) electrons. The highest BCUT2D eigenvalue weighted by atomic mass is 19.4. The summed E-state index contributed by atoms with van der Waals surface area (Å²) >= 11 is 0. The zero-order valence-electron chi connectivity index (χ0n) is 26.2. The summed E-state index contributed by atoms with van der Waals surface area (Å²) in [4.78, 5) is 55.1. The van der Waals surface area contributed by atoms with Crippen molar-refractivity contribution in [2.24, 2.45) is 5.92 Å². The zero-order valence-corrected chi connectivity index (χ0v) is 26.2. The van der Waals surface area contributed by atoms with Crippen LogP contribution in [0.2, 0.25) is 0 Å². The molecule has 4 aliphatic rings. The summed E-state index contributed by atoms with van der Waals surface area (Å²) < 4.78 is 66.9. The first kappa shape index (κ1) is 35.5. The second-order valence-corrected chi connectivity index (χ2v) is 12.8. The summed E-state index contributed by atoms with van der Waals surface area (Å²) in [6, 6.07) is 7.00. The van der Waals surface area contributed by atoms with Gasteiger partial charge in [0, 0.05) is 41.2 Å². The number of carbonyl (C=O) groups excluding carboxylic acids is 3. The number of ether oxygens (including phenoxy) is 3. The van der Waals surface area contributed by atoms with E-state index in [2.05, 4.69) is 4.74 Å². The molecule has 0 aromatic heterocycles. The first-order valence-corrected chi connectivity index (χ1v) is 16.1. The largest absolute Gasteiger partial charge is 0.573 e. The normalized spacial score (nSPS) is 29.1. The number of alkyl halides is 3. The second kappa shape index (κ2) is 13.8. The molecule has 2 aromatic carbocycles. The van der Waals surface area contributed by atoms with Crippen LogP contribution in [0, 0.1) is 11.7 Å². The number of nitrogens with zero attached hydrogens (tertiary/aromatic N) is 2. The standard InChI is InChI=1S/C33H34F4N2O11/c34-16-6-11-22-20(14-16)25(19-2-1-3-21(19)39(22)30(45)15-4-9-18(10-5-15)50-33(35,36)37)38(17-7-8-17)23(40)12-13-24(41)48-32-28(44)26(42)27(43)29(49-32)31(46)47/h4-6,9-11,14,17,19,21,25-29,32,42-44H,1-3,7-8,12-13H2,(H,46,47)/t19-,21+,25-,26?,27?,28?,29?,32?/m1/s1. The van der Waals surface area contributed by atoms with Crippen LogP contribution in [0.1, 0.15) is 66.9 Å². The number of halogens is 4. The van der Waals surface area contributed by atoms with Crippen molar-refractivity contribution in [1.29, 1.82) is 0 Å². The van der Waals surface area contributed by atoms with Gasteiger partial charge in [-0.15, -0.1) is 13.2 Å². The monoisotopic (exact) mass is 710 g/mol. The predicted octanol–water partition coefficient (Wildman–Crippen LogP) is 2.80. The summed E-state index contributed by atoms with van der Waals surface area (Å²) in [5, 5.41) is 39.3. The molecule has 50 heavy (non-hydrogen) atoms. The molecule has 270 valence electrons. The lowest BCUT2D eigenvalue weighted by atomic mass is 9.81. The van der Waals surface area contributed by atoms with Gasteiger partial charge in [-0.25, -0.2) is 9.18 Å². The topological polar surface area (TPSA) is 183 Å². The number of aliphatic hydroxyl groups excluding tert-OH is 3. The molecule has 2 aromatic rings. The van der Waals surface area contributed by atoms with Crippen molar-refractivity contribution in [3.05, 3.63) is 59.4 Å². The van der Waals surface area contributed by atoms with Crippen LogP contribution in [0.3, 0.4) is 0 Å². The molecular formula is C33H34F4N2O11. The van der Waals surface area contributed by atoms with Crippen molar-refractivity contribution >= 4 is 29.4 Å². The minimum absolute atomic E-state index is 0.0799. The molecule has 2 amide bonds. The molecule has 8 atom stereocenters. The number of carbonyl (C=O) groups is 4. The van der Waals surface area contributed by atoms with Crippen LogP contribution in [0.4, 0.5) is 23.2 Å². The maximum absolute atomic E-state index is 14.9. The van der Waals surface area contributed by atoms with E-state index in [0.717, 1.165) is 12.1 Å². The van der Waals surface area contributed by atoms with Gasteiger partial charge in [-0.05, 0) is 68.1 Å². The van der Waals surface area contributed by atoms with Gasteiger partial charge < -0.3 is 44.4 Å². The van der Waals surface area contributed by atoms with E-state index in [-0.39, 0.29) is 23.9 Å². The van der Waals surface area contributed by atoms with Gasteiger partial charge in [0.1, 0.15) is 29.9 Å². The van der Waals surface area contributed by atoms with Crippen LogP contribution < -0.4 is 9.64 Å². The number of aliphatic hydroxyl groups is 3. The van der Waals surface area contributed by atoms with E-state index in [1.807, 2.05) is 0 Å². The number of esters is 1. The second-order valence-electron chi connectivity index (χ2n) is 12.8. The smallest absolute Gasteiger partial charge is 0.479 e. The lowest BCUT2D eigenvalue weighted by molar-refractivity contribution is -0.286. The van der Waals surface area contributed by atoms with Gasteiger partial charge in [-0.2, -0.15) is 0 Å². The van der Waals surface area contributed by atoms with E-state index in [0.29, 0.717) is 43.4 Å². The van der Waals surface area contributed by atoms with Crippen LogP contribution in [0.25, 0.3) is 0 Å². The Morgan fingerprint density at radius 3 is 2.26 bits per heavy atom. The van der Waals surface area contributed by atoms with Gasteiger partial charge in [-0.1, -0.05) is 6.42 Å². The van der Waals surface area contributed by atoms with E-state index < -0.39 is 90.9 Å². The molecule has 1 saturated heterocycles. The Balaban J connectivity index is 1.22. The molecule has 2 aliphatic carbocycles. The Morgan fingerprint density at radius 1 is 0.920 bits per heavy atom. The van der Waals surface area contributed by atoms with Crippen molar-refractivity contribution in [1.82, 2.24) is 4.90 Å². The summed E-state index contributed by atoms with van der Waals surface area (Å²) in [7, 11) is 0. The quantitative estimate of drug-likeness (QED) is 0.222. The fraction of sp³-hybridized carbons (Fsp3) is 0.515. The van der Waals surface area contributed by atoms with E-state index >= 15 is 0 Å². The number of amides is 2. The van der Waals surface area contributed by atoms with E-state index in [4.69, 9.17) is 9.47 Å². The van der Waals surface area contributed by atoms with Gasteiger partial charge in [0.05, 0.1) is 12.5 Å². The molecule has 0 spiro atoms. The van der Waals surface area contributed by atoms with E-state index in [9.17, 15) is 57.2 Å². The third kappa shape index (κ3) is 7.12. The van der Waals surface area contributed by atoms with Crippen LogP contribution in [-0.4, -0.2) is 98.2 Å². The van der Waals surface area contributed by atoms with Crippen LogP contribution >= 0.6 is 0 Å². The molecule has 17 heteroatoms. The van der Waals surface area contributed by atoms with Gasteiger partial charge in [0.25, 0.3) is 5.91 Å². The highest BCUT2D eigenvalue weighted by Crippen LogP contribution is 2.53. The van der Waals surface area contributed by atoms with E-state index in [1.165, 1.54) is 35.2 Å². The number of anilines is 1. The number of aliphatic carboxylic acids is 1. The maximum Gasteiger partial charge on any atom is 0.573 e. The fourth-order valence-electron chi connectivity index (χ4n) is 7.22. The van der Waals surface area contributed by atoms with Crippen molar-refractivity contribution in [2.75, 3.05) is 4.90 Å². The third-order valence-electron chi connectivity index (χ3n) is 9.52. The molecule has 13 nitrogen and oxygen atoms in total. The molecule has 2 heterocycles. The van der Waals surface area contributed by atoms with Crippen molar-refractivity contribution < 1.29 is 71.4 Å². The van der Waals surface area contributed by atoms with Crippen molar-refractivity contribution in [3.63, 3.8) is 0 Å². The number of carboxylic acids is 1. The number of rotatable bonds is 9. The maximum atomic E-state index is 14.9. The summed E-state index contributed by atoms with van der Waals surface area (Å²) in [5.74, 6) is -5.17. The Bertz CT molecular complexity index is 1640.